The highest BCUT2D eigenvalue weighted by Gasteiger charge is 2.11. The minimum atomic E-state index is 0.0203. The van der Waals surface area contributed by atoms with Crippen LogP contribution in [0.15, 0.2) is 89.7 Å². The average molecular weight is 346 g/mol. The summed E-state index contributed by atoms with van der Waals surface area (Å²) in [6, 6.07) is 27.4. The molecule has 0 spiro atoms. The summed E-state index contributed by atoms with van der Waals surface area (Å²) in [5.41, 5.74) is 2.98. The number of hydrogen-bond acceptors (Lipinski definition) is 1. The van der Waals surface area contributed by atoms with Crippen LogP contribution in [-0.4, -0.2) is 4.57 Å². The molecule has 0 saturated heterocycles. The lowest BCUT2D eigenvalue weighted by Crippen LogP contribution is -2.22. The van der Waals surface area contributed by atoms with Crippen LogP contribution in [0.3, 0.4) is 0 Å². The van der Waals surface area contributed by atoms with Crippen molar-refractivity contribution in [3.8, 4) is 11.3 Å². The maximum Gasteiger partial charge on any atom is 0.259 e. The number of aromatic nitrogens is 1. The normalized spacial score (nSPS) is 10.9. The van der Waals surface area contributed by atoms with Gasteiger partial charge in [-0.05, 0) is 40.8 Å². The number of fused-ring (bicyclic) bond motifs is 1. The Kier molecular flexibility index (Phi) is 4.12. The van der Waals surface area contributed by atoms with Crippen LogP contribution in [0, 0.1) is 0 Å². The Bertz CT molecular complexity index is 1080. The molecule has 0 saturated carbocycles. The molecular weight excluding hydrogens is 330 g/mol. The second-order valence-corrected chi connectivity index (χ2v) is 6.44. The lowest BCUT2D eigenvalue weighted by atomic mass is 10.1. The summed E-state index contributed by atoms with van der Waals surface area (Å²) in [5.74, 6) is 0. The highest BCUT2D eigenvalue weighted by atomic mass is 35.5. The van der Waals surface area contributed by atoms with Crippen LogP contribution in [0.2, 0.25) is 5.02 Å². The van der Waals surface area contributed by atoms with Crippen molar-refractivity contribution in [1.82, 2.24) is 4.57 Å². The Labute approximate surface area is 150 Å². The van der Waals surface area contributed by atoms with Crippen LogP contribution in [0.5, 0.6) is 0 Å². The summed E-state index contributed by atoms with van der Waals surface area (Å²) < 4.78 is 1.83. The van der Waals surface area contributed by atoms with Gasteiger partial charge in [0.05, 0.1) is 12.2 Å². The number of hydrogen-bond donors (Lipinski definition) is 0. The fourth-order valence-corrected chi connectivity index (χ4v) is 3.21. The maximum absolute atomic E-state index is 13.1. The first-order chi connectivity index (χ1) is 12.2. The Morgan fingerprint density at radius 3 is 2.24 bits per heavy atom. The van der Waals surface area contributed by atoms with E-state index in [0.29, 0.717) is 11.6 Å². The first kappa shape index (κ1) is 15.7. The van der Waals surface area contributed by atoms with Crippen molar-refractivity contribution < 1.29 is 0 Å². The van der Waals surface area contributed by atoms with Crippen LogP contribution in [0.4, 0.5) is 0 Å². The number of pyridine rings is 1. The van der Waals surface area contributed by atoms with E-state index in [4.69, 9.17) is 11.6 Å². The van der Waals surface area contributed by atoms with Crippen molar-refractivity contribution >= 4 is 22.4 Å². The van der Waals surface area contributed by atoms with Crippen molar-refractivity contribution in [3.63, 3.8) is 0 Å². The summed E-state index contributed by atoms with van der Waals surface area (Å²) in [6.45, 7) is 0.530. The molecule has 122 valence electrons. The molecule has 0 atom stereocenters. The van der Waals surface area contributed by atoms with E-state index in [1.165, 1.54) is 0 Å². The number of benzene rings is 3. The molecule has 0 N–H and O–H groups in total. The zero-order valence-corrected chi connectivity index (χ0v) is 14.3. The van der Waals surface area contributed by atoms with E-state index in [0.717, 1.165) is 27.6 Å². The molecule has 0 bridgehead atoms. The Morgan fingerprint density at radius 2 is 1.48 bits per heavy atom. The molecule has 0 amide bonds. The smallest absolute Gasteiger partial charge is 0.259 e. The highest BCUT2D eigenvalue weighted by Crippen LogP contribution is 2.24. The van der Waals surface area contributed by atoms with Crippen LogP contribution in [0.25, 0.3) is 22.0 Å². The van der Waals surface area contributed by atoms with Crippen molar-refractivity contribution in [2.75, 3.05) is 0 Å². The van der Waals surface area contributed by atoms with E-state index in [1.807, 2.05) is 83.4 Å². The van der Waals surface area contributed by atoms with Crippen LogP contribution >= 0.6 is 11.6 Å². The fraction of sp³-hybridized carbons (Fsp3) is 0.0455. The largest absolute Gasteiger partial charge is 0.303 e. The molecule has 3 aromatic carbocycles. The van der Waals surface area contributed by atoms with Crippen LogP contribution in [-0.2, 0) is 6.54 Å². The summed E-state index contributed by atoms with van der Waals surface area (Å²) in [6.07, 6.45) is 0. The molecular formula is C22H16ClNO. The van der Waals surface area contributed by atoms with Gasteiger partial charge in [-0.2, -0.15) is 0 Å². The molecule has 2 nitrogen and oxygen atoms in total. The topological polar surface area (TPSA) is 22.0 Å². The van der Waals surface area contributed by atoms with Gasteiger partial charge in [0.2, 0.25) is 0 Å². The third-order valence-electron chi connectivity index (χ3n) is 4.34. The monoisotopic (exact) mass is 345 g/mol. The summed E-state index contributed by atoms with van der Waals surface area (Å²) >= 11 is 6.03. The van der Waals surface area contributed by atoms with E-state index < -0.39 is 0 Å². The second kappa shape index (κ2) is 6.58. The summed E-state index contributed by atoms with van der Waals surface area (Å²) in [4.78, 5) is 13.1. The molecule has 0 unspecified atom stereocenters. The van der Waals surface area contributed by atoms with E-state index >= 15 is 0 Å². The second-order valence-electron chi connectivity index (χ2n) is 6.00. The molecule has 25 heavy (non-hydrogen) atoms. The van der Waals surface area contributed by atoms with Crippen LogP contribution in [0.1, 0.15) is 5.56 Å². The van der Waals surface area contributed by atoms with Gasteiger partial charge in [-0.25, -0.2) is 0 Å². The van der Waals surface area contributed by atoms with Gasteiger partial charge in [-0.1, -0.05) is 72.3 Å². The third kappa shape index (κ3) is 3.09. The van der Waals surface area contributed by atoms with Gasteiger partial charge in [0.1, 0.15) is 0 Å². The molecule has 1 aromatic heterocycles. The summed E-state index contributed by atoms with van der Waals surface area (Å²) in [7, 11) is 0. The summed E-state index contributed by atoms with van der Waals surface area (Å²) in [5, 5.41) is 2.36. The van der Waals surface area contributed by atoms with Crippen molar-refractivity contribution in [2.24, 2.45) is 0 Å². The van der Waals surface area contributed by atoms with E-state index in [2.05, 4.69) is 6.07 Å². The quantitative estimate of drug-likeness (QED) is 0.489. The maximum atomic E-state index is 13.1. The zero-order valence-electron chi connectivity index (χ0n) is 13.5. The van der Waals surface area contributed by atoms with Gasteiger partial charge in [0.15, 0.2) is 0 Å². The first-order valence-corrected chi connectivity index (χ1v) is 8.52. The van der Waals surface area contributed by atoms with E-state index in [9.17, 15) is 4.79 Å². The van der Waals surface area contributed by atoms with Gasteiger partial charge in [-0.3, -0.25) is 4.79 Å². The number of nitrogens with zero attached hydrogens (tertiary/aromatic N) is 1. The Morgan fingerprint density at radius 1 is 0.800 bits per heavy atom. The molecule has 0 aliphatic heterocycles. The van der Waals surface area contributed by atoms with Crippen molar-refractivity contribution in [1.29, 1.82) is 0 Å². The molecule has 4 rings (SSSR count). The first-order valence-electron chi connectivity index (χ1n) is 8.15. The van der Waals surface area contributed by atoms with E-state index in [1.54, 1.807) is 0 Å². The third-order valence-corrected chi connectivity index (χ3v) is 4.59. The number of rotatable bonds is 3. The van der Waals surface area contributed by atoms with E-state index in [-0.39, 0.29) is 5.56 Å². The average Bonchev–Trinajstić information content (AvgIpc) is 2.65. The zero-order chi connectivity index (χ0) is 17.2. The lowest BCUT2D eigenvalue weighted by molar-refractivity contribution is 0.777. The molecule has 0 aliphatic carbocycles. The molecule has 0 aliphatic rings. The number of halogens is 1. The molecule has 0 radical (unpaired) electrons. The lowest BCUT2D eigenvalue weighted by Gasteiger charge is -2.15. The minimum Gasteiger partial charge on any atom is -0.303 e. The molecule has 4 aromatic rings. The molecule has 1 heterocycles. The highest BCUT2D eigenvalue weighted by molar-refractivity contribution is 6.30. The standard InChI is InChI=1S/C22H16ClNO/c23-19-12-10-17(11-13-19)21-14-18-8-4-5-9-20(18)22(25)24(21)15-16-6-2-1-3-7-16/h1-14H,15H2. The molecule has 0 fully saturated rings. The fourth-order valence-electron chi connectivity index (χ4n) is 3.08. The van der Waals surface area contributed by atoms with Gasteiger partial charge in [0.25, 0.3) is 5.56 Å². The van der Waals surface area contributed by atoms with Gasteiger partial charge < -0.3 is 4.57 Å². The Hall–Kier alpha value is -2.84. The van der Waals surface area contributed by atoms with Gasteiger partial charge in [0, 0.05) is 10.4 Å². The van der Waals surface area contributed by atoms with Gasteiger partial charge in [-0.15, -0.1) is 0 Å². The predicted octanol–water partition coefficient (Wildman–Crippen LogP) is 5.37. The minimum absolute atomic E-state index is 0.0203. The van der Waals surface area contributed by atoms with Crippen molar-refractivity contribution in [3.05, 3.63) is 106 Å². The molecule has 3 heteroatoms. The Balaban J connectivity index is 1.97. The van der Waals surface area contributed by atoms with Crippen LogP contribution < -0.4 is 5.56 Å². The van der Waals surface area contributed by atoms with Crippen molar-refractivity contribution in [2.45, 2.75) is 6.54 Å². The van der Waals surface area contributed by atoms with Gasteiger partial charge >= 0.3 is 0 Å². The SMILES string of the molecule is O=c1c2ccccc2cc(-c2ccc(Cl)cc2)n1Cc1ccccc1. The predicted molar refractivity (Wildman–Crippen MR) is 104 cm³/mol.